The van der Waals surface area contributed by atoms with Crippen molar-refractivity contribution in [3.05, 3.63) is 53.1 Å². The molecule has 0 bridgehead atoms. The number of hydrogen-bond acceptors (Lipinski definition) is 6. The van der Waals surface area contributed by atoms with Gasteiger partial charge in [0.2, 0.25) is 21.8 Å². The maximum atomic E-state index is 13.7. The van der Waals surface area contributed by atoms with E-state index in [1.807, 2.05) is 6.92 Å². The summed E-state index contributed by atoms with van der Waals surface area (Å²) < 4.78 is 38.4. The lowest BCUT2D eigenvalue weighted by molar-refractivity contribution is -0.140. The highest BCUT2D eigenvalue weighted by Crippen LogP contribution is 2.35. The Labute approximate surface area is 217 Å². The Bertz CT molecular complexity index is 1170. The van der Waals surface area contributed by atoms with Crippen LogP contribution in [0.1, 0.15) is 32.8 Å². The molecule has 11 heteroatoms. The first-order chi connectivity index (χ1) is 17.2. The predicted molar refractivity (Wildman–Crippen MR) is 139 cm³/mol. The number of likely N-dealkylation sites (N-methyl/N-ethyl adjacent to an activating group) is 1. The van der Waals surface area contributed by atoms with Gasteiger partial charge < -0.3 is 19.7 Å². The van der Waals surface area contributed by atoms with Crippen LogP contribution in [0.4, 0.5) is 5.69 Å². The second-order valence-electron chi connectivity index (χ2n) is 8.20. The third-order valence-corrected chi connectivity index (χ3v) is 7.79. The summed E-state index contributed by atoms with van der Waals surface area (Å²) in [6.07, 6.45) is 0.357. The predicted octanol–water partition coefficient (Wildman–Crippen LogP) is 3.21. The molecule has 196 valence electrons. The fraction of sp³-hybridized carbons (Fsp3) is 0.440. The molecule has 2 aromatic carbocycles. The van der Waals surface area contributed by atoms with Gasteiger partial charge in [-0.25, -0.2) is 8.42 Å². The van der Waals surface area contributed by atoms with Crippen LogP contribution < -0.4 is 19.1 Å². The molecule has 1 N–H and O–H groups in total. The SMILES string of the molecule is CCNC(=O)C(CC)N(Cc1ccc(Cl)cc1)C(=O)CN(c1ccc2c(c1)OCCO2)S(=O)(=O)CC. The van der Waals surface area contributed by atoms with Crippen molar-refractivity contribution in [1.82, 2.24) is 10.2 Å². The van der Waals surface area contributed by atoms with E-state index in [1.54, 1.807) is 49.4 Å². The number of hydrogen-bond donors (Lipinski definition) is 1. The molecule has 0 radical (unpaired) electrons. The van der Waals surface area contributed by atoms with Crippen molar-refractivity contribution in [2.24, 2.45) is 0 Å². The Hall–Kier alpha value is -2.98. The van der Waals surface area contributed by atoms with Crippen molar-refractivity contribution in [3.63, 3.8) is 0 Å². The number of ether oxygens (including phenoxy) is 2. The van der Waals surface area contributed by atoms with Crippen LogP contribution in [0.25, 0.3) is 0 Å². The van der Waals surface area contributed by atoms with E-state index in [2.05, 4.69) is 5.32 Å². The Morgan fingerprint density at radius 3 is 2.31 bits per heavy atom. The zero-order chi connectivity index (χ0) is 26.3. The first-order valence-corrected chi connectivity index (χ1v) is 13.9. The summed E-state index contributed by atoms with van der Waals surface area (Å²) in [5.41, 5.74) is 1.05. The number of sulfonamides is 1. The topological polar surface area (TPSA) is 105 Å². The van der Waals surface area contributed by atoms with E-state index in [0.29, 0.717) is 42.7 Å². The normalized spacial score (nSPS) is 13.6. The van der Waals surface area contributed by atoms with Crippen LogP contribution in [0.15, 0.2) is 42.5 Å². The molecule has 1 atom stereocenters. The van der Waals surface area contributed by atoms with Crippen molar-refractivity contribution in [2.75, 3.05) is 36.4 Å². The first-order valence-electron chi connectivity index (χ1n) is 11.9. The van der Waals surface area contributed by atoms with Crippen molar-refractivity contribution >= 4 is 39.1 Å². The Balaban J connectivity index is 1.97. The number of nitrogens with zero attached hydrogens (tertiary/aromatic N) is 2. The van der Waals surface area contributed by atoms with Crippen LogP contribution in [0.2, 0.25) is 5.02 Å². The highest BCUT2D eigenvalue weighted by Gasteiger charge is 2.32. The second-order valence-corrected chi connectivity index (χ2v) is 10.8. The van der Waals surface area contributed by atoms with Crippen LogP contribution in [0.5, 0.6) is 11.5 Å². The van der Waals surface area contributed by atoms with Gasteiger partial charge in [0.15, 0.2) is 11.5 Å². The van der Waals surface area contributed by atoms with Gasteiger partial charge >= 0.3 is 0 Å². The summed E-state index contributed by atoms with van der Waals surface area (Å²) in [5, 5.41) is 3.32. The van der Waals surface area contributed by atoms with Gasteiger partial charge in [-0.1, -0.05) is 30.7 Å². The minimum Gasteiger partial charge on any atom is -0.486 e. The van der Waals surface area contributed by atoms with Gasteiger partial charge in [0.1, 0.15) is 25.8 Å². The Morgan fingerprint density at radius 1 is 1.03 bits per heavy atom. The number of benzene rings is 2. The van der Waals surface area contributed by atoms with E-state index in [4.69, 9.17) is 21.1 Å². The number of carbonyl (C=O) groups is 2. The van der Waals surface area contributed by atoms with E-state index < -0.39 is 28.5 Å². The van der Waals surface area contributed by atoms with Crippen molar-refractivity contribution in [2.45, 2.75) is 39.8 Å². The zero-order valence-corrected chi connectivity index (χ0v) is 22.3. The summed E-state index contributed by atoms with van der Waals surface area (Å²) in [6.45, 7) is 5.92. The van der Waals surface area contributed by atoms with Gasteiger partial charge in [0.05, 0.1) is 11.4 Å². The maximum absolute atomic E-state index is 13.7. The third kappa shape index (κ3) is 6.61. The average molecular weight is 538 g/mol. The number of anilines is 1. The monoisotopic (exact) mass is 537 g/mol. The van der Waals surface area contributed by atoms with Crippen LogP contribution >= 0.6 is 11.6 Å². The molecule has 0 spiro atoms. The molecule has 1 unspecified atom stereocenters. The van der Waals surface area contributed by atoms with E-state index in [1.165, 1.54) is 11.8 Å². The van der Waals surface area contributed by atoms with Crippen LogP contribution in [0.3, 0.4) is 0 Å². The molecule has 2 amide bonds. The van der Waals surface area contributed by atoms with Gasteiger partial charge in [0.25, 0.3) is 0 Å². The standard InChI is InChI=1S/C25H32ClN3O6S/c1-4-21(25(31)27-5-2)28(16-18-7-9-19(26)10-8-18)24(30)17-29(36(32,33)6-3)20-11-12-22-23(15-20)35-14-13-34-22/h7-12,15,21H,4-6,13-14,16-17H2,1-3H3,(H,27,31). The van der Waals surface area contributed by atoms with E-state index in [9.17, 15) is 18.0 Å². The molecule has 0 saturated carbocycles. The molecular formula is C25H32ClN3O6S. The number of amides is 2. The minimum absolute atomic E-state index is 0.118. The molecular weight excluding hydrogens is 506 g/mol. The molecule has 3 rings (SSSR count). The third-order valence-electron chi connectivity index (χ3n) is 5.80. The lowest BCUT2D eigenvalue weighted by atomic mass is 10.1. The van der Waals surface area contributed by atoms with Gasteiger partial charge in [-0.2, -0.15) is 0 Å². The molecule has 36 heavy (non-hydrogen) atoms. The van der Waals surface area contributed by atoms with Crippen molar-refractivity contribution < 1.29 is 27.5 Å². The molecule has 2 aromatic rings. The van der Waals surface area contributed by atoms with Crippen molar-refractivity contribution in [1.29, 1.82) is 0 Å². The lowest BCUT2D eigenvalue weighted by Crippen LogP contribution is -2.52. The van der Waals surface area contributed by atoms with Gasteiger partial charge in [-0.15, -0.1) is 0 Å². The summed E-state index contributed by atoms with van der Waals surface area (Å²) in [6, 6.07) is 10.9. The molecule has 1 aliphatic rings. The van der Waals surface area contributed by atoms with Crippen LogP contribution in [0, 0.1) is 0 Å². The van der Waals surface area contributed by atoms with E-state index in [-0.39, 0.29) is 23.9 Å². The number of halogens is 1. The van der Waals surface area contributed by atoms with Gasteiger partial charge in [0, 0.05) is 24.2 Å². The number of rotatable bonds is 11. The number of fused-ring (bicyclic) bond motifs is 1. The zero-order valence-electron chi connectivity index (χ0n) is 20.7. The molecule has 0 fully saturated rings. The smallest absolute Gasteiger partial charge is 0.244 e. The average Bonchev–Trinajstić information content (AvgIpc) is 2.88. The van der Waals surface area contributed by atoms with Gasteiger partial charge in [-0.05, 0) is 50.1 Å². The van der Waals surface area contributed by atoms with Crippen molar-refractivity contribution in [3.8, 4) is 11.5 Å². The summed E-state index contributed by atoms with van der Waals surface area (Å²) >= 11 is 6.01. The molecule has 9 nitrogen and oxygen atoms in total. The van der Waals surface area contributed by atoms with Crippen LogP contribution in [-0.2, 0) is 26.2 Å². The summed E-state index contributed by atoms with van der Waals surface area (Å²) in [7, 11) is -3.84. The largest absolute Gasteiger partial charge is 0.486 e. The number of carbonyl (C=O) groups excluding carboxylic acids is 2. The molecule has 0 aliphatic carbocycles. The lowest BCUT2D eigenvalue weighted by Gasteiger charge is -2.33. The quantitative estimate of drug-likeness (QED) is 0.472. The minimum atomic E-state index is -3.84. The Morgan fingerprint density at radius 2 is 1.69 bits per heavy atom. The summed E-state index contributed by atoms with van der Waals surface area (Å²) in [4.78, 5) is 28.0. The second kappa shape index (κ2) is 12.3. The van der Waals surface area contributed by atoms with E-state index >= 15 is 0 Å². The maximum Gasteiger partial charge on any atom is 0.244 e. The van der Waals surface area contributed by atoms with Gasteiger partial charge in [-0.3, -0.25) is 13.9 Å². The molecule has 0 aromatic heterocycles. The highest BCUT2D eigenvalue weighted by atomic mass is 35.5. The molecule has 0 saturated heterocycles. The fourth-order valence-electron chi connectivity index (χ4n) is 3.90. The summed E-state index contributed by atoms with van der Waals surface area (Å²) in [5.74, 6) is -0.0907. The fourth-order valence-corrected chi connectivity index (χ4v) is 5.08. The van der Waals surface area contributed by atoms with E-state index in [0.717, 1.165) is 9.87 Å². The first kappa shape index (κ1) is 27.6. The highest BCUT2D eigenvalue weighted by molar-refractivity contribution is 7.92. The number of nitrogens with one attached hydrogen (secondary N) is 1. The molecule has 1 heterocycles. The molecule has 1 aliphatic heterocycles. The van der Waals surface area contributed by atoms with Crippen LogP contribution in [-0.4, -0.2) is 63.2 Å². The Kier molecular flexibility index (Phi) is 9.44.